The minimum absolute atomic E-state index is 0.0733. The number of piperazine rings is 1. The molecule has 0 aliphatic carbocycles. The molecule has 0 aromatic carbocycles. The van der Waals surface area contributed by atoms with Crippen LogP contribution < -0.4 is 5.01 Å². The van der Waals surface area contributed by atoms with E-state index in [1.54, 1.807) is 22.0 Å². The van der Waals surface area contributed by atoms with Crippen molar-refractivity contribution in [1.29, 1.82) is 0 Å². The molecule has 0 atom stereocenters. The lowest BCUT2D eigenvalue weighted by atomic mass is 10.1. The van der Waals surface area contributed by atoms with Crippen molar-refractivity contribution in [1.82, 2.24) is 19.8 Å². The van der Waals surface area contributed by atoms with Crippen LogP contribution in [0, 0.1) is 0 Å². The Morgan fingerprint density at radius 2 is 2.04 bits per heavy atom. The van der Waals surface area contributed by atoms with Crippen molar-refractivity contribution in [3.63, 3.8) is 0 Å². The van der Waals surface area contributed by atoms with Gasteiger partial charge in [0.05, 0.1) is 6.20 Å². The molecule has 0 saturated carbocycles. The van der Waals surface area contributed by atoms with E-state index in [1.807, 2.05) is 7.05 Å². The molecular weight excluding hydrogens is 324 g/mol. The molecule has 0 radical (unpaired) electrons. The molecule has 0 unspecified atom stereocenters. The second-order valence-electron chi connectivity index (χ2n) is 6.07. The molecule has 1 saturated heterocycles. The van der Waals surface area contributed by atoms with Crippen LogP contribution in [0.2, 0.25) is 0 Å². The predicted octanol–water partition coefficient (Wildman–Crippen LogP) is 0.460. The highest BCUT2D eigenvalue weighted by Crippen LogP contribution is 2.28. The normalized spacial score (nSPS) is 18.0. The molecule has 0 spiro atoms. The zero-order chi connectivity index (χ0) is 17.4. The highest BCUT2D eigenvalue weighted by atomic mass is 16.5. The Morgan fingerprint density at radius 3 is 2.76 bits per heavy atom. The number of hydrazone groups is 1. The van der Waals surface area contributed by atoms with Crippen molar-refractivity contribution in [3.8, 4) is 5.75 Å². The fraction of sp³-hybridized carbons (Fsp3) is 0.375. The molecule has 4 rings (SSSR count). The minimum Gasteiger partial charge on any atom is -0.504 e. The van der Waals surface area contributed by atoms with E-state index in [1.165, 1.54) is 12.6 Å². The third-order valence-electron chi connectivity index (χ3n) is 4.41. The summed E-state index contributed by atoms with van der Waals surface area (Å²) < 4.78 is 5.06. The molecule has 25 heavy (non-hydrogen) atoms. The predicted molar refractivity (Wildman–Crippen MR) is 91.5 cm³/mol. The van der Waals surface area contributed by atoms with Gasteiger partial charge in [0.25, 0.3) is 5.91 Å². The van der Waals surface area contributed by atoms with Crippen LogP contribution in [0.4, 0.5) is 5.82 Å². The van der Waals surface area contributed by atoms with Crippen molar-refractivity contribution in [2.24, 2.45) is 5.10 Å². The molecule has 2 aliphatic heterocycles. The highest BCUT2D eigenvalue weighted by Gasteiger charge is 2.24. The molecule has 9 heteroatoms. The van der Waals surface area contributed by atoms with Gasteiger partial charge in [-0.05, 0) is 19.2 Å². The van der Waals surface area contributed by atoms with Crippen molar-refractivity contribution in [2.45, 2.75) is 0 Å². The summed E-state index contributed by atoms with van der Waals surface area (Å²) >= 11 is 0. The quantitative estimate of drug-likeness (QED) is 0.847. The Bertz CT molecular complexity index is 847. The Kier molecular flexibility index (Phi) is 3.85. The molecule has 0 bridgehead atoms. The zero-order valence-electron chi connectivity index (χ0n) is 13.8. The lowest BCUT2D eigenvalue weighted by molar-refractivity contribution is 0.0660. The summed E-state index contributed by atoms with van der Waals surface area (Å²) in [5, 5.41) is 16.3. The van der Waals surface area contributed by atoms with Crippen molar-refractivity contribution < 1.29 is 14.6 Å². The van der Waals surface area contributed by atoms with Crippen LogP contribution in [0.3, 0.4) is 0 Å². The maximum absolute atomic E-state index is 12.9. The smallest absolute Gasteiger partial charge is 0.273 e. The number of likely N-dealkylation sites (N-methyl/N-ethyl adjacent to an activating group) is 1. The first-order chi connectivity index (χ1) is 12.1. The fourth-order valence-corrected chi connectivity index (χ4v) is 2.92. The van der Waals surface area contributed by atoms with Crippen molar-refractivity contribution in [3.05, 3.63) is 24.0 Å². The molecule has 9 nitrogen and oxygen atoms in total. The molecule has 1 N–H and O–H groups in total. The molecule has 130 valence electrons. The molecular formula is C16H18N6O3. The van der Waals surface area contributed by atoms with E-state index in [0.29, 0.717) is 35.5 Å². The monoisotopic (exact) mass is 342 g/mol. The average Bonchev–Trinajstić information content (AvgIpc) is 3.17. The topological polar surface area (TPSA) is 94.4 Å². The Hall–Kier alpha value is -2.94. The van der Waals surface area contributed by atoms with Gasteiger partial charge in [0.1, 0.15) is 11.2 Å². The first-order valence-corrected chi connectivity index (χ1v) is 8.01. The third-order valence-corrected chi connectivity index (χ3v) is 4.41. The number of hydrogen-bond acceptors (Lipinski definition) is 8. The van der Waals surface area contributed by atoms with Gasteiger partial charge in [-0.1, -0.05) is 0 Å². The van der Waals surface area contributed by atoms with Crippen molar-refractivity contribution >= 4 is 29.0 Å². The van der Waals surface area contributed by atoms with Gasteiger partial charge in [-0.25, -0.2) is 15.0 Å². The molecule has 2 aromatic heterocycles. The number of anilines is 1. The van der Waals surface area contributed by atoms with E-state index in [9.17, 15) is 9.90 Å². The third kappa shape index (κ3) is 2.82. The lowest BCUT2D eigenvalue weighted by Gasteiger charge is -2.32. The number of rotatable bonds is 2. The number of hydrogen-bond donors (Lipinski definition) is 1. The maximum atomic E-state index is 12.9. The molecule has 2 aromatic rings. The first-order valence-electron chi connectivity index (χ1n) is 8.01. The Labute approximate surface area is 144 Å². The van der Waals surface area contributed by atoms with Crippen LogP contribution in [0.1, 0.15) is 10.5 Å². The number of aromatic nitrogens is 2. The molecule has 4 heterocycles. The highest BCUT2D eigenvalue weighted by molar-refractivity contribution is 6.05. The standard InChI is InChI=1S/C16H18N6O3/c1-20-4-6-21(7-5-20)16(24)15-11-2-3-13(22-10-25-9-18-22)19-14(11)12(23)8-17-15/h2-3,8-9,23H,4-7,10H2,1H3. The lowest BCUT2D eigenvalue weighted by Crippen LogP contribution is -2.47. The van der Waals surface area contributed by atoms with Crippen LogP contribution in [0.25, 0.3) is 10.9 Å². The van der Waals surface area contributed by atoms with E-state index in [2.05, 4.69) is 20.0 Å². The number of nitrogens with zero attached hydrogens (tertiary/aromatic N) is 6. The van der Waals surface area contributed by atoms with Crippen LogP contribution in [0.5, 0.6) is 5.75 Å². The van der Waals surface area contributed by atoms with Gasteiger partial charge in [-0.3, -0.25) is 4.79 Å². The fourth-order valence-electron chi connectivity index (χ4n) is 2.92. The van der Waals surface area contributed by atoms with Gasteiger partial charge in [-0.15, -0.1) is 5.10 Å². The van der Waals surface area contributed by atoms with Crippen LogP contribution in [0.15, 0.2) is 23.4 Å². The van der Waals surface area contributed by atoms with Gasteiger partial charge >= 0.3 is 0 Å². The van der Waals surface area contributed by atoms with Gasteiger partial charge in [-0.2, -0.15) is 0 Å². The summed E-state index contributed by atoms with van der Waals surface area (Å²) in [6.45, 7) is 3.24. The van der Waals surface area contributed by atoms with Gasteiger partial charge < -0.3 is 19.6 Å². The molecule has 1 fully saturated rings. The largest absolute Gasteiger partial charge is 0.504 e. The SMILES string of the molecule is CN1CCN(C(=O)c2ncc(O)c3nc(N4COC=N4)ccc23)CC1. The number of carbonyl (C=O) groups is 1. The maximum Gasteiger partial charge on any atom is 0.273 e. The van der Waals surface area contributed by atoms with E-state index in [4.69, 9.17) is 4.74 Å². The average molecular weight is 342 g/mol. The Balaban J connectivity index is 1.71. The number of pyridine rings is 2. The Morgan fingerprint density at radius 1 is 1.24 bits per heavy atom. The van der Waals surface area contributed by atoms with Gasteiger partial charge in [0.15, 0.2) is 24.7 Å². The van der Waals surface area contributed by atoms with E-state index >= 15 is 0 Å². The number of carbonyl (C=O) groups excluding carboxylic acids is 1. The summed E-state index contributed by atoms with van der Waals surface area (Å²) in [5.74, 6) is 0.312. The van der Waals surface area contributed by atoms with Crippen LogP contribution in [-0.4, -0.2) is 77.1 Å². The van der Waals surface area contributed by atoms with Crippen LogP contribution in [-0.2, 0) is 4.74 Å². The van der Waals surface area contributed by atoms with E-state index in [-0.39, 0.29) is 18.4 Å². The second kappa shape index (κ2) is 6.17. The second-order valence-corrected chi connectivity index (χ2v) is 6.07. The number of fused-ring (bicyclic) bond motifs is 1. The number of ether oxygens (including phenoxy) is 1. The summed E-state index contributed by atoms with van der Waals surface area (Å²) in [6.07, 6.45) is 2.60. The van der Waals surface area contributed by atoms with E-state index < -0.39 is 0 Å². The molecule has 2 aliphatic rings. The summed E-state index contributed by atoms with van der Waals surface area (Å²) in [6, 6.07) is 3.47. The molecule has 1 amide bonds. The van der Waals surface area contributed by atoms with Gasteiger partial charge in [0.2, 0.25) is 0 Å². The minimum atomic E-state index is -0.143. The summed E-state index contributed by atoms with van der Waals surface area (Å²) in [4.78, 5) is 25.4. The van der Waals surface area contributed by atoms with Crippen molar-refractivity contribution in [2.75, 3.05) is 45.0 Å². The zero-order valence-corrected chi connectivity index (χ0v) is 13.8. The number of amides is 1. The summed E-state index contributed by atoms with van der Waals surface area (Å²) in [7, 11) is 2.03. The van der Waals surface area contributed by atoms with Crippen LogP contribution >= 0.6 is 0 Å². The first kappa shape index (κ1) is 15.6. The number of aromatic hydroxyl groups is 1. The van der Waals surface area contributed by atoms with Gasteiger partial charge in [0, 0.05) is 31.6 Å². The van der Waals surface area contributed by atoms with E-state index in [0.717, 1.165) is 13.1 Å². The summed E-state index contributed by atoms with van der Waals surface area (Å²) in [5.41, 5.74) is 0.629.